The summed E-state index contributed by atoms with van der Waals surface area (Å²) in [5.74, 6) is -0.918. The van der Waals surface area contributed by atoms with Crippen LogP contribution in [0.2, 0.25) is 0 Å². The number of carbonyl (C=O) groups excluding carboxylic acids is 3. The Hall–Kier alpha value is -3.22. The van der Waals surface area contributed by atoms with Gasteiger partial charge in [-0.1, -0.05) is 18.7 Å². The maximum Gasteiger partial charge on any atom is 0.255 e. The zero-order valence-corrected chi connectivity index (χ0v) is 15.5. The minimum Gasteiger partial charge on any atom is -0.489 e. The van der Waals surface area contributed by atoms with Gasteiger partial charge in [0.2, 0.25) is 11.8 Å². The lowest BCUT2D eigenvalue weighted by Gasteiger charge is -2.29. The Bertz CT molecular complexity index is 904. The minimum absolute atomic E-state index is 0.207. The molecule has 0 aromatic heterocycles. The number of rotatable bonds is 6. The van der Waals surface area contributed by atoms with Crippen molar-refractivity contribution >= 4 is 17.7 Å². The number of hydrogen-bond acceptors (Lipinski definition) is 4. The van der Waals surface area contributed by atoms with E-state index in [9.17, 15) is 18.8 Å². The van der Waals surface area contributed by atoms with Gasteiger partial charge in [-0.25, -0.2) is 4.39 Å². The van der Waals surface area contributed by atoms with E-state index < -0.39 is 17.8 Å². The van der Waals surface area contributed by atoms with E-state index in [0.29, 0.717) is 23.3 Å². The third-order valence-corrected chi connectivity index (χ3v) is 4.72. The van der Waals surface area contributed by atoms with Crippen LogP contribution < -0.4 is 10.1 Å². The number of piperidine rings is 1. The first-order valence-corrected chi connectivity index (χ1v) is 8.95. The molecular weight excluding hydrogens is 363 g/mol. The molecule has 0 bridgehead atoms. The number of fused-ring (bicyclic) bond motifs is 1. The van der Waals surface area contributed by atoms with Crippen molar-refractivity contribution in [1.29, 1.82) is 0 Å². The number of halogens is 1. The fourth-order valence-electron chi connectivity index (χ4n) is 3.22. The van der Waals surface area contributed by atoms with Gasteiger partial charge >= 0.3 is 0 Å². The van der Waals surface area contributed by atoms with Crippen LogP contribution in [0.5, 0.6) is 5.75 Å². The van der Waals surface area contributed by atoms with Crippen molar-refractivity contribution in [2.75, 3.05) is 6.61 Å². The van der Waals surface area contributed by atoms with Gasteiger partial charge in [-0.3, -0.25) is 19.7 Å². The van der Waals surface area contributed by atoms with Crippen LogP contribution in [0, 0.1) is 0 Å². The van der Waals surface area contributed by atoms with Crippen LogP contribution in [-0.2, 0) is 16.1 Å². The highest BCUT2D eigenvalue weighted by molar-refractivity contribution is 6.05. The van der Waals surface area contributed by atoms with Crippen LogP contribution in [0.15, 0.2) is 54.4 Å². The molecule has 0 spiro atoms. The molecule has 2 aliphatic heterocycles. The maximum atomic E-state index is 13.1. The number of benzene rings is 1. The third kappa shape index (κ3) is 4.03. The lowest BCUT2D eigenvalue weighted by Crippen LogP contribution is -2.52. The van der Waals surface area contributed by atoms with E-state index in [1.165, 1.54) is 11.0 Å². The molecule has 1 unspecified atom stereocenters. The van der Waals surface area contributed by atoms with Crippen LogP contribution in [0.25, 0.3) is 0 Å². The molecule has 2 aliphatic rings. The molecule has 7 heteroatoms. The number of allylic oxidation sites excluding steroid dienone is 4. The third-order valence-electron chi connectivity index (χ3n) is 4.72. The Morgan fingerprint density at radius 1 is 1.36 bits per heavy atom. The number of hydrogen-bond donors (Lipinski definition) is 1. The highest BCUT2D eigenvalue weighted by Gasteiger charge is 2.40. The Morgan fingerprint density at radius 2 is 2.14 bits per heavy atom. The van der Waals surface area contributed by atoms with Gasteiger partial charge in [0, 0.05) is 17.5 Å². The van der Waals surface area contributed by atoms with E-state index in [1.807, 2.05) is 0 Å². The molecule has 1 aromatic carbocycles. The van der Waals surface area contributed by atoms with Crippen LogP contribution in [0.3, 0.4) is 0 Å². The van der Waals surface area contributed by atoms with E-state index in [-0.39, 0.29) is 31.4 Å². The summed E-state index contributed by atoms with van der Waals surface area (Å²) in [6.45, 7) is 5.62. The summed E-state index contributed by atoms with van der Waals surface area (Å²) in [5, 5.41) is 2.28. The molecule has 28 heavy (non-hydrogen) atoms. The smallest absolute Gasteiger partial charge is 0.255 e. The standard InChI is InChI=1S/C21H21FN2O4/c1-3-14(22)8-7-13(2)12-28-18-6-4-5-15-16(18)11-24(21(15)27)17-9-10-19(25)23-20(17)26/h3-8,17H,1,9-12H2,2H3,(H,23,25,26)/b13-7+,14-8+. The average Bonchev–Trinajstić information content (AvgIpc) is 3.01. The monoisotopic (exact) mass is 384 g/mol. The van der Waals surface area contributed by atoms with Crippen LogP contribution in [-0.4, -0.2) is 35.3 Å². The molecular formula is C21H21FN2O4. The molecule has 0 radical (unpaired) electrons. The Kier molecular flexibility index (Phi) is 5.73. The topological polar surface area (TPSA) is 75.7 Å². The highest BCUT2D eigenvalue weighted by atomic mass is 19.1. The van der Waals surface area contributed by atoms with Crippen molar-refractivity contribution in [1.82, 2.24) is 10.2 Å². The Morgan fingerprint density at radius 3 is 2.86 bits per heavy atom. The van der Waals surface area contributed by atoms with Crippen molar-refractivity contribution in [2.45, 2.75) is 32.4 Å². The summed E-state index contributed by atoms with van der Waals surface area (Å²) in [7, 11) is 0. The quantitative estimate of drug-likeness (QED) is 0.605. The molecule has 0 aliphatic carbocycles. The van der Waals surface area contributed by atoms with E-state index in [1.54, 1.807) is 31.2 Å². The molecule has 1 atom stereocenters. The second-order valence-corrected chi connectivity index (χ2v) is 6.74. The maximum absolute atomic E-state index is 13.1. The molecule has 6 nitrogen and oxygen atoms in total. The lowest BCUT2D eigenvalue weighted by atomic mass is 10.0. The lowest BCUT2D eigenvalue weighted by molar-refractivity contribution is -0.136. The molecule has 1 fully saturated rings. The second kappa shape index (κ2) is 8.21. The fraction of sp³-hybridized carbons (Fsp3) is 0.286. The highest BCUT2D eigenvalue weighted by Crippen LogP contribution is 2.33. The summed E-state index contributed by atoms with van der Waals surface area (Å²) in [6, 6.07) is 4.50. The second-order valence-electron chi connectivity index (χ2n) is 6.74. The van der Waals surface area contributed by atoms with Gasteiger partial charge in [0.25, 0.3) is 5.91 Å². The van der Waals surface area contributed by atoms with Gasteiger partial charge < -0.3 is 9.64 Å². The molecule has 146 valence electrons. The zero-order valence-electron chi connectivity index (χ0n) is 15.5. The van der Waals surface area contributed by atoms with Gasteiger partial charge in [-0.05, 0) is 43.2 Å². The zero-order chi connectivity index (χ0) is 20.3. The number of carbonyl (C=O) groups is 3. The first kappa shape index (κ1) is 19.5. The van der Waals surface area contributed by atoms with Gasteiger partial charge in [0.05, 0.1) is 6.54 Å². The summed E-state index contributed by atoms with van der Waals surface area (Å²) in [5.41, 5.74) is 1.99. The molecule has 2 heterocycles. The fourth-order valence-corrected chi connectivity index (χ4v) is 3.22. The van der Waals surface area contributed by atoms with Gasteiger partial charge in [0.15, 0.2) is 0 Å². The number of ether oxygens (including phenoxy) is 1. The molecule has 1 N–H and O–H groups in total. The number of amides is 3. The summed E-state index contributed by atoms with van der Waals surface area (Å²) >= 11 is 0. The molecule has 1 aromatic rings. The van der Waals surface area contributed by atoms with Crippen molar-refractivity contribution in [3.05, 3.63) is 65.5 Å². The molecule has 3 rings (SSSR count). The molecule has 3 amide bonds. The SMILES string of the molecule is C=C/C(F)=C\C=C(/C)COc1cccc2c1CN(C1CCC(=O)NC1=O)C2=O. The van der Waals surface area contributed by atoms with Crippen molar-refractivity contribution in [2.24, 2.45) is 0 Å². The molecule has 1 saturated heterocycles. The predicted octanol–water partition coefficient (Wildman–Crippen LogP) is 2.81. The van der Waals surface area contributed by atoms with Crippen molar-refractivity contribution in [3.63, 3.8) is 0 Å². The number of nitrogens with one attached hydrogen (secondary N) is 1. The summed E-state index contributed by atoms with van der Waals surface area (Å²) in [6.07, 6.45) is 4.53. The normalized spacial score (nSPS) is 20.1. The predicted molar refractivity (Wildman–Crippen MR) is 101 cm³/mol. The largest absolute Gasteiger partial charge is 0.489 e. The van der Waals surface area contributed by atoms with E-state index >= 15 is 0 Å². The average molecular weight is 384 g/mol. The van der Waals surface area contributed by atoms with Crippen molar-refractivity contribution < 1.29 is 23.5 Å². The Balaban J connectivity index is 1.74. The van der Waals surface area contributed by atoms with E-state index in [2.05, 4.69) is 11.9 Å². The van der Waals surface area contributed by atoms with Crippen LogP contribution >= 0.6 is 0 Å². The molecule has 0 saturated carbocycles. The Labute approximate surface area is 162 Å². The van der Waals surface area contributed by atoms with E-state index in [0.717, 1.165) is 11.6 Å². The number of nitrogens with zero attached hydrogens (tertiary/aromatic N) is 1. The van der Waals surface area contributed by atoms with Gasteiger partial charge in [-0.2, -0.15) is 0 Å². The van der Waals surface area contributed by atoms with Crippen molar-refractivity contribution in [3.8, 4) is 5.75 Å². The van der Waals surface area contributed by atoms with E-state index in [4.69, 9.17) is 4.74 Å². The van der Waals surface area contributed by atoms with Gasteiger partial charge in [0.1, 0.15) is 24.2 Å². The van der Waals surface area contributed by atoms with Gasteiger partial charge in [-0.15, -0.1) is 0 Å². The summed E-state index contributed by atoms with van der Waals surface area (Å²) < 4.78 is 18.9. The number of imide groups is 1. The first-order valence-electron chi connectivity index (χ1n) is 8.95. The summed E-state index contributed by atoms with van der Waals surface area (Å²) in [4.78, 5) is 37.7. The van der Waals surface area contributed by atoms with Crippen LogP contribution in [0.4, 0.5) is 4.39 Å². The minimum atomic E-state index is -0.668. The first-order chi connectivity index (χ1) is 13.4. The van der Waals surface area contributed by atoms with Crippen LogP contribution in [0.1, 0.15) is 35.7 Å².